The van der Waals surface area contributed by atoms with Gasteiger partial charge in [-0.3, -0.25) is 9.59 Å². The van der Waals surface area contributed by atoms with Crippen molar-refractivity contribution in [1.29, 1.82) is 0 Å². The Morgan fingerprint density at radius 1 is 1.30 bits per heavy atom. The van der Waals surface area contributed by atoms with E-state index in [0.717, 1.165) is 0 Å². The van der Waals surface area contributed by atoms with E-state index >= 15 is 0 Å². The maximum absolute atomic E-state index is 11.6. The molecule has 8 heteroatoms. The number of carbonyl (C=O) groups excluding carboxylic acids is 2. The smallest absolute Gasteiger partial charge is 0.335 e. The summed E-state index contributed by atoms with van der Waals surface area (Å²) in [6.07, 6.45) is 0.187. The molecule has 0 radical (unpaired) electrons. The van der Waals surface area contributed by atoms with E-state index in [1.54, 1.807) is 0 Å². The highest BCUT2D eigenvalue weighted by Crippen LogP contribution is 2.19. The van der Waals surface area contributed by atoms with Crippen LogP contribution in [0, 0.1) is 0 Å². The molecule has 0 fully saturated rings. The molecule has 20 heavy (non-hydrogen) atoms. The zero-order chi connectivity index (χ0) is 15.1. The zero-order valence-electron chi connectivity index (χ0n) is 10.4. The standard InChI is InChI=1S/C12H13ClN2O4S/c13-8-3-7(12(18)19)4-9(5-8)15-11(17)1-2-20-6-10(14)16/h3-5H,1-2,6H2,(H2,14,16)(H,15,17)(H,18,19). The summed E-state index contributed by atoms with van der Waals surface area (Å²) in [6, 6.07) is 4.08. The number of hydrogen-bond donors (Lipinski definition) is 3. The van der Waals surface area contributed by atoms with E-state index in [4.69, 9.17) is 22.4 Å². The Bertz CT molecular complexity index is 536. The van der Waals surface area contributed by atoms with Gasteiger partial charge in [0.2, 0.25) is 11.8 Å². The maximum atomic E-state index is 11.6. The maximum Gasteiger partial charge on any atom is 0.335 e. The highest BCUT2D eigenvalue weighted by molar-refractivity contribution is 7.99. The molecule has 2 amide bonds. The molecule has 1 rings (SSSR count). The van der Waals surface area contributed by atoms with Gasteiger partial charge in [0.1, 0.15) is 0 Å². The number of thioether (sulfide) groups is 1. The molecule has 108 valence electrons. The third-order valence-corrected chi connectivity index (χ3v) is 3.35. The minimum atomic E-state index is -1.12. The number of primary amides is 1. The molecule has 0 aliphatic rings. The lowest BCUT2D eigenvalue weighted by Gasteiger charge is -2.06. The highest BCUT2D eigenvalue weighted by atomic mass is 35.5. The van der Waals surface area contributed by atoms with Gasteiger partial charge in [-0.25, -0.2) is 4.79 Å². The van der Waals surface area contributed by atoms with Crippen molar-refractivity contribution in [3.8, 4) is 0 Å². The SMILES string of the molecule is NC(=O)CSCCC(=O)Nc1cc(Cl)cc(C(=O)O)c1. The van der Waals surface area contributed by atoms with Gasteiger partial charge < -0.3 is 16.2 Å². The van der Waals surface area contributed by atoms with Crippen molar-refractivity contribution in [2.75, 3.05) is 16.8 Å². The molecule has 0 heterocycles. The number of halogens is 1. The first-order valence-electron chi connectivity index (χ1n) is 5.58. The van der Waals surface area contributed by atoms with Crippen molar-refractivity contribution in [2.45, 2.75) is 6.42 Å². The third-order valence-electron chi connectivity index (χ3n) is 2.15. The number of rotatable bonds is 7. The van der Waals surface area contributed by atoms with Crippen LogP contribution in [-0.4, -0.2) is 34.4 Å². The summed E-state index contributed by atoms with van der Waals surface area (Å²) in [5, 5.41) is 11.6. The lowest BCUT2D eigenvalue weighted by atomic mass is 10.2. The monoisotopic (exact) mass is 316 g/mol. The summed E-state index contributed by atoms with van der Waals surface area (Å²) in [6.45, 7) is 0. The van der Waals surface area contributed by atoms with E-state index in [1.807, 2.05) is 0 Å². The molecule has 1 aromatic rings. The Morgan fingerprint density at radius 2 is 2.00 bits per heavy atom. The van der Waals surface area contributed by atoms with E-state index in [1.165, 1.54) is 30.0 Å². The summed E-state index contributed by atoms with van der Waals surface area (Å²) >= 11 is 7.02. The van der Waals surface area contributed by atoms with Crippen LogP contribution in [-0.2, 0) is 9.59 Å². The fourth-order valence-electron chi connectivity index (χ4n) is 1.35. The predicted molar refractivity (Wildman–Crippen MR) is 78.2 cm³/mol. The number of nitrogens with one attached hydrogen (secondary N) is 1. The number of carbonyl (C=O) groups is 3. The molecule has 0 unspecified atom stereocenters. The van der Waals surface area contributed by atoms with Crippen LogP contribution in [0.4, 0.5) is 5.69 Å². The number of hydrogen-bond acceptors (Lipinski definition) is 4. The second-order valence-corrected chi connectivity index (χ2v) is 5.39. The van der Waals surface area contributed by atoms with Crippen LogP contribution in [0.25, 0.3) is 0 Å². The fraction of sp³-hybridized carbons (Fsp3) is 0.250. The molecule has 0 aliphatic heterocycles. The molecule has 0 aromatic heterocycles. The minimum Gasteiger partial charge on any atom is -0.478 e. The topological polar surface area (TPSA) is 109 Å². The van der Waals surface area contributed by atoms with Gasteiger partial charge in [-0.15, -0.1) is 0 Å². The molecule has 0 aliphatic carbocycles. The molecule has 4 N–H and O–H groups in total. The second kappa shape index (κ2) is 7.76. The van der Waals surface area contributed by atoms with Crippen LogP contribution in [0.5, 0.6) is 0 Å². The van der Waals surface area contributed by atoms with Crippen molar-refractivity contribution in [3.63, 3.8) is 0 Å². The predicted octanol–water partition coefficient (Wildman–Crippen LogP) is 1.59. The van der Waals surface area contributed by atoms with Gasteiger partial charge in [0.25, 0.3) is 0 Å². The van der Waals surface area contributed by atoms with Gasteiger partial charge in [0, 0.05) is 22.9 Å². The average Bonchev–Trinajstić information content (AvgIpc) is 2.33. The van der Waals surface area contributed by atoms with Crippen molar-refractivity contribution < 1.29 is 19.5 Å². The Labute approximate surface area is 124 Å². The van der Waals surface area contributed by atoms with Gasteiger partial charge in [-0.1, -0.05) is 11.6 Å². The number of anilines is 1. The van der Waals surface area contributed by atoms with E-state index < -0.39 is 11.9 Å². The fourth-order valence-corrected chi connectivity index (χ4v) is 2.26. The van der Waals surface area contributed by atoms with Gasteiger partial charge in [-0.2, -0.15) is 11.8 Å². The van der Waals surface area contributed by atoms with Crippen LogP contribution in [0.1, 0.15) is 16.8 Å². The van der Waals surface area contributed by atoms with Crippen molar-refractivity contribution >= 4 is 46.8 Å². The molecule has 1 aromatic carbocycles. The van der Waals surface area contributed by atoms with Crippen LogP contribution >= 0.6 is 23.4 Å². The van der Waals surface area contributed by atoms with Crippen LogP contribution in [0.15, 0.2) is 18.2 Å². The molecule has 0 atom stereocenters. The minimum absolute atomic E-state index is 0.00379. The van der Waals surface area contributed by atoms with E-state index in [2.05, 4.69) is 5.32 Å². The molecule has 0 spiro atoms. The summed E-state index contributed by atoms with van der Waals surface area (Å²) < 4.78 is 0. The highest BCUT2D eigenvalue weighted by Gasteiger charge is 2.09. The number of amides is 2. The number of benzene rings is 1. The Balaban J connectivity index is 2.53. The zero-order valence-corrected chi connectivity index (χ0v) is 12.0. The van der Waals surface area contributed by atoms with Crippen LogP contribution in [0.2, 0.25) is 5.02 Å². The van der Waals surface area contributed by atoms with Crippen molar-refractivity contribution in [1.82, 2.24) is 0 Å². The molecule has 6 nitrogen and oxygen atoms in total. The van der Waals surface area contributed by atoms with Gasteiger partial charge in [0.05, 0.1) is 11.3 Å². The Kier molecular flexibility index (Phi) is 6.33. The normalized spacial score (nSPS) is 10.1. The molecule has 0 saturated carbocycles. The van der Waals surface area contributed by atoms with Crippen LogP contribution in [0.3, 0.4) is 0 Å². The Morgan fingerprint density at radius 3 is 2.60 bits per heavy atom. The largest absolute Gasteiger partial charge is 0.478 e. The number of carboxylic acid groups (broad SMARTS) is 1. The lowest BCUT2D eigenvalue weighted by Crippen LogP contribution is -2.16. The molecule has 0 saturated heterocycles. The van der Waals surface area contributed by atoms with Gasteiger partial charge in [-0.05, 0) is 18.2 Å². The molecular formula is C12H13ClN2O4S. The van der Waals surface area contributed by atoms with E-state index in [0.29, 0.717) is 11.4 Å². The first kappa shape index (κ1) is 16.3. The first-order chi connectivity index (χ1) is 9.38. The average molecular weight is 317 g/mol. The summed E-state index contributed by atoms with van der Waals surface area (Å²) in [4.78, 5) is 33.0. The Hall–Kier alpha value is -1.73. The third kappa shape index (κ3) is 5.94. The molecule has 0 bridgehead atoms. The molecular weight excluding hydrogens is 304 g/mol. The van der Waals surface area contributed by atoms with Gasteiger partial charge >= 0.3 is 5.97 Å². The summed E-state index contributed by atoms with van der Waals surface area (Å²) in [5.41, 5.74) is 5.28. The number of nitrogens with two attached hydrogens (primary N) is 1. The first-order valence-corrected chi connectivity index (χ1v) is 7.11. The second-order valence-electron chi connectivity index (χ2n) is 3.85. The number of carboxylic acids is 1. The van der Waals surface area contributed by atoms with Crippen molar-refractivity contribution in [2.24, 2.45) is 5.73 Å². The van der Waals surface area contributed by atoms with Crippen molar-refractivity contribution in [3.05, 3.63) is 28.8 Å². The summed E-state index contributed by atoms with van der Waals surface area (Å²) in [5.74, 6) is -1.24. The summed E-state index contributed by atoms with van der Waals surface area (Å²) in [7, 11) is 0. The van der Waals surface area contributed by atoms with E-state index in [9.17, 15) is 14.4 Å². The van der Waals surface area contributed by atoms with E-state index in [-0.39, 0.29) is 28.7 Å². The quantitative estimate of drug-likeness (QED) is 0.662. The lowest BCUT2D eigenvalue weighted by molar-refractivity contribution is -0.116. The van der Waals surface area contributed by atoms with Gasteiger partial charge in [0.15, 0.2) is 0 Å². The van der Waals surface area contributed by atoms with Crippen LogP contribution < -0.4 is 11.1 Å². The number of aromatic carboxylic acids is 1.